The van der Waals surface area contributed by atoms with E-state index in [4.69, 9.17) is 0 Å². The van der Waals surface area contributed by atoms with Gasteiger partial charge in [-0.1, -0.05) is 0 Å². The van der Waals surface area contributed by atoms with Crippen molar-refractivity contribution >= 4 is 35.8 Å². The van der Waals surface area contributed by atoms with Crippen LogP contribution < -0.4 is 5.32 Å². The maximum atomic E-state index is 12.6. The highest BCUT2D eigenvalue weighted by atomic mass is 35.5. The Kier molecular flexibility index (Phi) is 5.90. The number of nitrogens with one attached hydrogen (secondary N) is 2. The summed E-state index contributed by atoms with van der Waals surface area (Å²) in [5, 5.41) is 3.82. The van der Waals surface area contributed by atoms with Crippen LogP contribution in [0, 0.1) is 0 Å². The van der Waals surface area contributed by atoms with Crippen molar-refractivity contribution in [2.45, 2.75) is 24.9 Å². The van der Waals surface area contributed by atoms with E-state index in [2.05, 4.69) is 15.3 Å². The predicted molar refractivity (Wildman–Crippen MR) is 80.4 cm³/mol. The first-order valence-corrected chi connectivity index (χ1v) is 6.30. The lowest BCUT2D eigenvalue weighted by Crippen LogP contribution is -2.28. The van der Waals surface area contributed by atoms with Crippen LogP contribution in [0.1, 0.15) is 30.0 Å². The Hall–Kier alpha value is -0.980. The molecule has 0 radical (unpaired) electrons. The molecular formula is C13H16Cl2F3N3. The largest absolute Gasteiger partial charge is 0.417 e. The summed E-state index contributed by atoms with van der Waals surface area (Å²) in [4.78, 5) is 6.99. The average molecular weight is 342 g/mol. The molecule has 8 heteroatoms. The number of hydrogen-bond donors (Lipinski definition) is 2. The van der Waals surface area contributed by atoms with Crippen molar-refractivity contribution in [2.75, 3.05) is 13.1 Å². The van der Waals surface area contributed by atoms with E-state index in [-0.39, 0.29) is 24.8 Å². The number of H-pyrrole nitrogens is 1. The first kappa shape index (κ1) is 18.1. The van der Waals surface area contributed by atoms with Gasteiger partial charge in [0, 0.05) is 29.7 Å². The first-order valence-electron chi connectivity index (χ1n) is 6.30. The molecule has 0 aromatic carbocycles. The SMILES string of the molecule is Cl.Cl.FC(F)(F)c1cnc2[nH]c(C3CCCNC3)cc2c1. The van der Waals surface area contributed by atoms with Crippen LogP contribution in [0.2, 0.25) is 0 Å². The lowest BCUT2D eigenvalue weighted by molar-refractivity contribution is -0.137. The zero-order valence-electron chi connectivity index (χ0n) is 11.0. The second-order valence-electron chi connectivity index (χ2n) is 4.93. The van der Waals surface area contributed by atoms with Gasteiger partial charge in [0.1, 0.15) is 5.65 Å². The fraction of sp³-hybridized carbons (Fsp3) is 0.462. The van der Waals surface area contributed by atoms with Gasteiger partial charge in [-0.25, -0.2) is 4.98 Å². The van der Waals surface area contributed by atoms with E-state index in [9.17, 15) is 13.2 Å². The molecule has 3 heterocycles. The first-order chi connectivity index (χ1) is 9.04. The summed E-state index contributed by atoms with van der Waals surface area (Å²) in [6, 6.07) is 2.94. The van der Waals surface area contributed by atoms with Crippen molar-refractivity contribution in [1.29, 1.82) is 0 Å². The van der Waals surface area contributed by atoms with Crippen molar-refractivity contribution < 1.29 is 13.2 Å². The summed E-state index contributed by atoms with van der Waals surface area (Å²) >= 11 is 0. The molecule has 0 aliphatic carbocycles. The van der Waals surface area contributed by atoms with Gasteiger partial charge in [0.15, 0.2) is 0 Å². The maximum absolute atomic E-state index is 12.6. The monoisotopic (exact) mass is 341 g/mol. The number of piperidine rings is 1. The molecule has 0 saturated carbocycles. The summed E-state index contributed by atoms with van der Waals surface area (Å²) in [6.07, 6.45) is -1.33. The van der Waals surface area contributed by atoms with E-state index in [0.717, 1.165) is 43.9 Å². The van der Waals surface area contributed by atoms with Crippen molar-refractivity contribution in [2.24, 2.45) is 0 Å². The second kappa shape index (κ2) is 6.85. The lowest BCUT2D eigenvalue weighted by Gasteiger charge is -2.21. The molecule has 1 atom stereocenters. The summed E-state index contributed by atoms with van der Waals surface area (Å²) in [6.45, 7) is 1.87. The number of fused-ring (bicyclic) bond motifs is 1. The Morgan fingerprint density at radius 3 is 2.57 bits per heavy atom. The normalized spacial score (nSPS) is 18.9. The van der Waals surface area contributed by atoms with Crippen LogP contribution in [-0.4, -0.2) is 23.1 Å². The van der Waals surface area contributed by atoms with Gasteiger partial charge in [0.05, 0.1) is 5.56 Å². The fourth-order valence-corrected chi connectivity index (χ4v) is 2.53. The van der Waals surface area contributed by atoms with Gasteiger partial charge in [-0.05, 0) is 31.5 Å². The average Bonchev–Trinajstić information content (AvgIpc) is 2.81. The molecule has 0 spiro atoms. The van der Waals surface area contributed by atoms with Gasteiger partial charge < -0.3 is 10.3 Å². The number of rotatable bonds is 1. The summed E-state index contributed by atoms with van der Waals surface area (Å²) in [7, 11) is 0. The molecule has 3 rings (SSSR count). The standard InChI is InChI=1S/C13H14F3N3.2ClH/c14-13(15,16)10-4-9-5-11(19-12(9)18-7-10)8-2-1-3-17-6-8;;/h4-5,7-8,17H,1-3,6H2,(H,18,19);2*1H. The van der Waals surface area contributed by atoms with E-state index in [1.54, 1.807) is 6.07 Å². The van der Waals surface area contributed by atoms with Crippen LogP contribution in [0.3, 0.4) is 0 Å². The van der Waals surface area contributed by atoms with Gasteiger partial charge in [-0.3, -0.25) is 0 Å². The van der Waals surface area contributed by atoms with Crippen LogP contribution >= 0.6 is 24.8 Å². The highest BCUT2D eigenvalue weighted by Crippen LogP contribution is 2.32. The van der Waals surface area contributed by atoms with Crippen molar-refractivity contribution in [3.05, 3.63) is 29.6 Å². The highest BCUT2D eigenvalue weighted by molar-refractivity contribution is 5.85. The Balaban J connectivity index is 0.00000110. The van der Waals surface area contributed by atoms with E-state index >= 15 is 0 Å². The molecule has 2 N–H and O–H groups in total. The molecule has 21 heavy (non-hydrogen) atoms. The summed E-state index contributed by atoms with van der Waals surface area (Å²) in [5.74, 6) is 0.331. The molecule has 1 aliphatic rings. The Bertz CT molecular complexity index is 592. The van der Waals surface area contributed by atoms with Crippen LogP contribution in [0.15, 0.2) is 18.3 Å². The van der Waals surface area contributed by atoms with E-state index in [1.807, 2.05) is 0 Å². The summed E-state index contributed by atoms with van der Waals surface area (Å²) < 4.78 is 37.9. The number of aromatic amines is 1. The number of aromatic nitrogens is 2. The third-order valence-corrected chi connectivity index (χ3v) is 3.55. The molecular weight excluding hydrogens is 326 g/mol. The van der Waals surface area contributed by atoms with Crippen molar-refractivity contribution in [3.8, 4) is 0 Å². The van der Waals surface area contributed by atoms with Gasteiger partial charge in [0.25, 0.3) is 0 Å². The van der Waals surface area contributed by atoms with E-state index in [1.165, 1.54) is 0 Å². The molecule has 3 nitrogen and oxygen atoms in total. The molecule has 1 fully saturated rings. The third-order valence-electron chi connectivity index (χ3n) is 3.55. The van der Waals surface area contributed by atoms with Crippen LogP contribution in [0.4, 0.5) is 13.2 Å². The minimum Gasteiger partial charge on any atom is -0.343 e. The van der Waals surface area contributed by atoms with Gasteiger partial charge in [0.2, 0.25) is 0 Å². The molecule has 2 aromatic heterocycles. The summed E-state index contributed by atoms with van der Waals surface area (Å²) in [5.41, 5.74) is 0.787. The Morgan fingerprint density at radius 1 is 1.19 bits per heavy atom. The second-order valence-corrected chi connectivity index (χ2v) is 4.93. The number of alkyl halides is 3. The van der Waals surface area contributed by atoms with Crippen molar-refractivity contribution in [3.63, 3.8) is 0 Å². The fourth-order valence-electron chi connectivity index (χ4n) is 2.53. The maximum Gasteiger partial charge on any atom is 0.417 e. The van der Waals surface area contributed by atoms with E-state index in [0.29, 0.717) is 17.0 Å². The zero-order valence-corrected chi connectivity index (χ0v) is 12.7. The Morgan fingerprint density at radius 2 is 1.95 bits per heavy atom. The molecule has 0 bridgehead atoms. The quantitative estimate of drug-likeness (QED) is 0.825. The Labute approximate surface area is 132 Å². The third kappa shape index (κ3) is 3.81. The number of hydrogen-bond acceptors (Lipinski definition) is 2. The molecule has 1 unspecified atom stereocenters. The van der Waals surface area contributed by atoms with Gasteiger partial charge in [-0.2, -0.15) is 13.2 Å². The van der Waals surface area contributed by atoms with Crippen molar-refractivity contribution in [1.82, 2.24) is 15.3 Å². The van der Waals surface area contributed by atoms with Crippen LogP contribution in [-0.2, 0) is 6.18 Å². The number of pyridine rings is 1. The van der Waals surface area contributed by atoms with Gasteiger partial charge in [-0.15, -0.1) is 24.8 Å². The highest BCUT2D eigenvalue weighted by Gasteiger charge is 2.31. The van der Waals surface area contributed by atoms with E-state index < -0.39 is 11.7 Å². The van der Waals surface area contributed by atoms with Gasteiger partial charge >= 0.3 is 6.18 Å². The van der Waals surface area contributed by atoms with Crippen LogP contribution in [0.5, 0.6) is 0 Å². The minimum absolute atomic E-state index is 0. The lowest BCUT2D eigenvalue weighted by atomic mass is 9.96. The number of nitrogens with zero attached hydrogens (tertiary/aromatic N) is 1. The van der Waals surface area contributed by atoms with Crippen LogP contribution in [0.25, 0.3) is 11.0 Å². The molecule has 118 valence electrons. The topological polar surface area (TPSA) is 40.7 Å². The smallest absolute Gasteiger partial charge is 0.343 e. The molecule has 1 saturated heterocycles. The molecule has 2 aromatic rings. The molecule has 0 amide bonds. The predicted octanol–water partition coefficient (Wildman–Crippen LogP) is 3.89. The minimum atomic E-state index is -4.34. The zero-order chi connectivity index (χ0) is 13.5. The molecule has 1 aliphatic heterocycles. The number of halogens is 5.